The molecule has 22 heavy (non-hydrogen) atoms. The highest BCUT2D eigenvalue weighted by Crippen LogP contribution is 2.33. The Morgan fingerprint density at radius 3 is 2.18 bits per heavy atom. The quantitative estimate of drug-likeness (QED) is 0.760. The number of hydrogen-bond donors (Lipinski definition) is 0. The van der Waals surface area contributed by atoms with E-state index in [-0.39, 0.29) is 0 Å². The fourth-order valence-corrected chi connectivity index (χ4v) is 4.08. The molecule has 1 aliphatic carbocycles. The zero-order valence-corrected chi connectivity index (χ0v) is 14.2. The topological polar surface area (TPSA) is 15.6 Å². The SMILES string of the molecule is CC(C)C1CCC(N2CCC(=Nc3ccccc3)CC2)CC1. The summed E-state index contributed by atoms with van der Waals surface area (Å²) in [5, 5.41) is 0. The van der Waals surface area contributed by atoms with E-state index >= 15 is 0 Å². The van der Waals surface area contributed by atoms with Gasteiger partial charge in [-0.15, -0.1) is 0 Å². The molecule has 1 aromatic carbocycles. The Labute approximate surface area is 135 Å². The van der Waals surface area contributed by atoms with E-state index in [0.29, 0.717) is 0 Å². The number of piperidine rings is 1. The first-order chi connectivity index (χ1) is 10.7. The van der Waals surface area contributed by atoms with Gasteiger partial charge in [-0.25, -0.2) is 0 Å². The number of likely N-dealkylation sites (tertiary alicyclic amines) is 1. The van der Waals surface area contributed by atoms with E-state index in [2.05, 4.69) is 49.1 Å². The van der Waals surface area contributed by atoms with Gasteiger partial charge in [0.1, 0.15) is 0 Å². The molecule has 0 radical (unpaired) electrons. The predicted molar refractivity (Wildman–Crippen MR) is 94.9 cm³/mol. The van der Waals surface area contributed by atoms with Gasteiger partial charge in [-0.3, -0.25) is 9.89 Å². The van der Waals surface area contributed by atoms with Crippen LogP contribution in [0.15, 0.2) is 35.3 Å². The van der Waals surface area contributed by atoms with Crippen LogP contribution in [0, 0.1) is 11.8 Å². The molecule has 0 bridgehead atoms. The summed E-state index contributed by atoms with van der Waals surface area (Å²) >= 11 is 0. The number of para-hydroxylation sites is 1. The van der Waals surface area contributed by atoms with E-state index in [1.54, 1.807) is 0 Å². The van der Waals surface area contributed by atoms with Gasteiger partial charge >= 0.3 is 0 Å². The van der Waals surface area contributed by atoms with Crippen LogP contribution in [0.4, 0.5) is 5.69 Å². The molecule has 0 unspecified atom stereocenters. The van der Waals surface area contributed by atoms with Gasteiger partial charge in [0.15, 0.2) is 0 Å². The first-order valence-electron chi connectivity index (χ1n) is 9.08. The summed E-state index contributed by atoms with van der Waals surface area (Å²) in [4.78, 5) is 7.56. The fourth-order valence-electron chi connectivity index (χ4n) is 4.08. The van der Waals surface area contributed by atoms with Crippen LogP contribution in [-0.4, -0.2) is 29.7 Å². The Kier molecular flexibility index (Phi) is 5.30. The van der Waals surface area contributed by atoms with Crippen LogP contribution >= 0.6 is 0 Å². The van der Waals surface area contributed by atoms with Crippen molar-refractivity contribution < 1.29 is 0 Å². The standard InChI is InChI=1S/C20H30N2/c1-16(2)17-8-10-20(11-9-17)22-14-12-19(13-15-22)21-18-6-4-3-5-7-18/h3-7,16-17,20H,8-15H2,1-2H3. The van der Waals surface area contributed by atoms with Crippen molar-refractivity contribution in [1.82, 2.24) is 4.90 Å². The van der Waals surface area contributed by atoms with Gasteiger partial charge in [-0.05, 0) is 62.5 Å². The second-order valence-corrected chi connectivity index (χ2v) is 7.36. The average molecular weight is 298 g/mol. The molecule has 1 saturated carbocycles. The molecule has 120 valence electrons. The summed E-state index contributed by atoms with van der Waals surface area (Å²) < 4.78 is 0. The van der Waals surface area contributed by atoms with Crippen molar-refractivity contribution in [2.24, 2.45) is 16.8 Å². The first kappa shape index (κ1) is 15.7. The Morgan fingerprint density at radius 1 is 0.955 bits per heavy atom. The molecule has 0 atom stereocenters. The summed E-state index contributed by atoms with van der Waals surface area (Å²) in [5.74, 6) is 1.84. The van der Waals surface area contributed by atoms with Gasteiger partial charge in [0.2, 0.25) is 0 Å². The van der Waals surface area contributed by atoms with Gasteiger partial charge in [-0.2, -0.15) is 0 Å². The third-order valence-electron chi connectivity index (χ3n) is 5.62. The molecule has 2 heteroatoms. The lowest BCUT2D eigenvalue weighted by atomic mass is 9.79. The van der Waals surface area contributed by atoms with Crippen LogP contribution < -0.4 is 0 Å². The summed E-state index contributed by atoms with van der Waals surface area (Å²) in [6.07, 6.45) is 7.99. The lowest BCUT2D eigenvalue weighted by molar-refractivity contribution is 0.122. The number of nitrogens with zero attached hydrogens (tertiary/aromatic N) is 2. The molecule has 0 spiro atoms. The minimum Gasteiger partial charge on any atom is -0.300 e. The van der Waals surface area contributed by atoms with Crippen molar-refractivity contribution in [3.05, 3.63) is 30.3 Å². The number of aliphatic imine (C=N–C) groups is 1. The number of benzene rings is 1. The molecule has 0 N–H and O–H groups in total. The van der Waals surface area contributed by atoms with E-state index in [0.717, 1.165) is 36.4 Å². The molecule has 1 aliphatic heterocycles. The number of rotatable bonds is 3. The van der Waals surface area contributed by atoms with Crippen molar-refractivity contribution in [1.29, 1.82) is 0 Å². The Balaban J connectivity index is 1.49. The highest BCUT2D eigenvalue weighted by atomic mass is 15.2. The van der Waals surface area contributed by atoms with E-state index in [4.69, 9.17) is 4.99 Å². The number of hydrogen-bond acceptors (Lipinski definition) is 2. The molecule has 0 amide bonds. The third kappa shape index (κ3) is 3.98. The Bertz CT molecular complexity index is 474. The highest BCUT2D eigenvalue weighted by molar-refractivity contribution is 5.87. The van der Waals surface area contributed by atoms with E-state index in [1.807, 2.05) is 0 Å². The zero-order chi connectivity index (χ0) is 15.4. The predicted octanol–water partition coefficient (Wildman–Crippen LogP) is 5.07. The van der Waals surface area contributed by atoms with Crippen molar-refractivity contribution in [2.75, 3.05) is 13.1 Å². The second kappa shape index (κ2) is 7.41. The lowest BCUT2D eigenvalue weighted by Gasteiger charge is -2.40. The summed E-state index contributed by atoms with van der Waals surface area (Å²) in [5.41, 5.74) is 2.50. The Morgan fingerprint density at radius 2 is 1.59 bits per heavy atom. The maximum Gasteiger partial charge on any atom is 0.0629 e. The third-order valence-corrected chi connectivity index (χ3v) is 5.62. The van der Waals surface area contributed by atoms with Gasteiger partial charge in [0, 0.05) is 24.8 Å². The van der Waals surface area contributed by atoms with Crippen LogP contribution in [0.2, 0.25) is 0 Å². The maximum absolute atomic E-state index is 4.82. The first-order valence-corrected chi connectivity index (χ1v) is 9.08. The van der Waals surface area contributed by atoms with Crippen molar-refractivity contribution in [3.63, 3.8) is 0 Å². The van der Waals surface area contributed by atoms with Gasteiger partial charge in [0.25, 0.3) is 0 Å². The van der Waals surface area contributed by atoms with Crippen LogP contribution in [0.1, 0.15) is 52.4 Å². The van der Waals surface area contributed by atoms with Gasteiger partial charge < -0.3 is 0 Å². The normalized spacial score (nSPS) is 27.1. The van der Waals surface area contributed by atoms with E-state index < -0.39 is 0 Å². The molecular weight excluding hydrogens is 268 g/mol. The molecule has 2 fully saturated rings. The minimum absolute atomic E-state index is 0.841. The lowest BCUT2D eigenvalue weighted by Crippen LogP contribution is -2.43. The minimum atomic E-state index is 0.841. The van der Waals surface area contributed by atoms with Crippen LogP contribution in [0.5, 0.6) is 0 Å². The molecule has 1 heterocycles. The van der Waals surface area contributed by atoms with Gasteiger partial charge in [-0.1, -0.05) is 32.0 Å². The van der Waals surface area contributed by atoms with Crippen molar-refractivity contribution >= 4 is 11.4 Å². The molecule has 1 aromatic rings. The van der Waals surface area contributed by atoms with Gasteiger partial charge in [0.05, 0.1) is 5.69 Å². The molecule has 1 saturated heterocycles. The van der Waals surface area contributed by atoms with E-state index in [1.165, 1.54) is 44.5 Å². The summed E-state index contributed by atoms with van der Waals surface area (Å²) in [7, 11) is 0. The maximum atomic E-state index is 4.82. The largest absolute Gasteiger partial charge is 0.300 e. The Hall–Kier alpha value is -1.15. The highest BCUT2D eigenvalue weighted by Gasteiger charge is 2.28. The summed E-state index contributed by atoms with van der Waals surface area (Å²) in [6, 6.07) is 11.2. The van der Waals surface area contributed by atoms with Crippen molar-refractivity contribution in [3.8, 4) is 0 Å². The van der Waals surface area contributed by atoms with E-state index in [9.17, 15) is 0 Å². The molecule has 0 aromatic heterocycles. The van der Waals surface area contributed by atoms with Crippen molar-refractivity contribution in [2.45, 2.75) is 58.4 Å². The van der Waals surface area contributed by atoms with Crippen LogP contribution in [-0.2, 0) is 0 Å². The van der Waals surface area contributed by atoms with Crippen LogP contribution in [0.25, 0.3) is 0 Å². The average Bonchev–Trinajstić information content (AvgIpc) is 2.57. The smallest absolute Gasteiger partial charge is 0.0629 e. The zero-order valence-electron chi connectivity index (χ0n) is 14.2. The fraction of sp³-hybridized carbons (Fsp3) is 0.650. The molecule has 3 rings (SSSR count). The summed E-state index contributed by atoms with van der Waals surface area (Å²) in [6.45, 7) is 7.20. The second-order valence-electron chi connectivity index (χ2n) is 7.36. The molecule has 2 nitrogen and oxygen atoms in total. The van der Waals surface area contributed by atoms with Crippen LogP contribution in [0.3, 0.4) is 0 Å². The molecular formula is C20H30N2. The monoisotopic (exact) mass is 298 g/mol. The molecule has 2 aliphatic rings.